The number of amides is 2. The first-order chi connectivity index (χ1) is 12.5. The van der Waals surface area contributed by atoms with Gasteiger partial charge in [0.05, 0.1) is 20.0 Å². The van der Waals surface area contributed by atoms with Crippen LogP contribution < -0.4 is 15.5 Å². The molecule has 136 valence electrons. The van der Waals surface area contributed by atoms with Gasteiger partial charge in [-0.1, -0.05) is 18.2 Å². The highest BCUT2D eigenvalue weighted by atomic mass is 127. The number of hydrogen-bond donors (Lipinski definition) is 2. The summed E-state index contributed by atoms with van der Waals surface area (Å²) in [7, 11) is 1.59. The van der Waals surface area contributed by atoms with E-state index in [9.17, 15) is 9.59 Å². The molecule has 0 fully saturated rings. The lowest BCUT2D eigenvalue weighted by atomic mass is 10.1. The Kier molecular flexibility index (Phi) is 7.58. The van der Waals surface area contributed by atoms with Gasteiger partial charge in [-0.25, -0.2) is 5.43 Å². The van der Waals surface area contributed by atoms with Gasteiger partial charge < -0.3 is 10.1 Å². The smallest absolute Gasteiger partial charge is 0.244 e. The first-order valence-electron chi connectivity index (χ1n) is 7.96. The molecule has 0 saturated carbocycles. The Balaban J connectivity index is 1.80. The quantitative estimate of drug-likeness (QED) is 0.374. The van der Waals surface area contributed by atoms with E-state index in [2.05, 4.69) is 38.4 Å². The number of hydrazone groups is 1. The monoisotopic (exact) mass is 465 g/mol. The van der Waals surface area contributed by atoms with E-state index in [1.165, 1.54) is 0 Å². The third-order valence-corrected chi connectivity index (χ3v) is 4.09. The molecule has 0 aliphatic heterocycles. The largest absolute Gasteiger partial charge is 0.497 e. The molecule has 2 aromatic carbocycles. The Bertz CT molecular complexity index is 804. The molecule has 0 aliphatic carbocycles. The summed E-state index contributed by atoms with van der Waals surface area (Å²) >= 11 is 2.18. The van der Waals surface area contributed by atoms with Gasteiger partial charge in [-0.15, -0.1) is 0 Å². The maximum atomic E-state index is 12.0. The SMILES string of the molecule is COc1ccc(CC(=O)NN=C(C)CC(=O)Nc2cccc(I)c2)cc1. The number of carbonyl (C=O) groups excluding carboxylic acids is 2. The van der Waals surface area contributed by atoms with Crippen molar-refractivity contribution < 1.29 is 14.3 Å². The second-order valence-electron chi connectivity index (χ2n) is 5.64. The fourth-order valence-electron chi connectivity index (χ4n) is 2.17. The van der Waals surface area contributed by atoms with Crippen molar-refractivity contribution in [1.82, 2.24) is 5.43 Å². The highest BCUT2D eigenvalue weighted by Gasteiger charge is 2.07. The van der Waals surface area contributed by atoms with Crippen LogP contribution in [0.4, 0.5) is 5.69 Å². The lowest BCUT2D eigenvalue weighted by Crippen LogP contribution is -2.22. The number of anilines is 1. The normalized spacial score (nSPS) is 11.0. The molecular weight excluding hydrogens is 445 g/mol. The first kappa shape index (κ1) is 19.9. The van der Waals surface area contributed by atoms with Gasteiger partial charge in [-0.3, -0.25) is 9.59 Å². The van der Waals surface area contributed by atoms with Crippen molar-refractivity contribution in [3.63, 3.8) is 0 Å². The summed E-state index contributed by atoms with van der Waals surface area (Å²) in [4.78, 5) is 23.9. The highest BCUT2D eigenvalue weighted by molar-refractivity contribution is 14.1. The fraction of sp³-hybridized carbons (Fsp3) is 0.211. The van der Waals surface area contributed by atoms with Crippen molar-refractivity contribution in [1.29, 1.82) is 0 Å². The molecule has 0 spiro atoms. The van der Waals surface area contributed by atoms with Crippen molar-refractivity contribution in [2.75, 3.05) is 12.4 Å². The zero-order chi connectivity index (χ0) is 18.9. The molecule has 2 aromatic rings. The summed E-state index contributed by atoms with van der Waals surface area (Å²) in [5.74, 6) is 0.312. The van der Waals surface area contributed by atoms with E-state index in [-0.39, 0.29) is 24.7 Å². The number of carbonyl (C=O) groups is 2. The van der Waals surface area contributed by atoms with Gasteiger partial charge in [-0.05, 0) is 65.4 Å². The molecule has 0 aromatic heterocycles. The number of ether oxygens (including phenoxy) is 1. The van der Waals surface area contributed by atoms with Gasteiger partial charge in [0.2, 0.25) is 11.8 Å². The van der Waals surface area contributed by atoms with Crippen LogP contribution in [-0.2, 0) is 16.0 Å². The summed E-state index contributed by atoms with van der Waals surface area (Å²) in [5, 5.41) is 6.79. The van der Waals surface area contributed by atoms with Crippen LogP contribution in [0, 0.1) is 3.57 Å². The first-order valence-corrected chi connectivity index (χ1v) is 9.04. The van der Waals surface area contributed by atoms with Crippen LogP contribution in [-0.4, -0.2) is 24.6 Å². The van der Waals surface area contributed by atoms with Crippen LogP contribution in [0.25, 0.3) is 0 Å². The molecule has 0 bridgehead atoms. The molecule has 2 N–H and O–H groups in total. The predicted molar refractivity (Wildman–Crippen MR) is 110 cm³/mol. The topological polar surface area (TPSA) is 79.8 Å². The third kappa shape index (κ3) is 6.83. The van der Waals surface area contributed by atoms with Crippen molar-refractivity contribution in [3.8, 4) is 5.75 Å². The summed E-state index contributed by atoms with van der Waals surface area (Å²) in [6.07, 6.45) is 0.309. The van der Waals surface area contributed by atoms with Crippen LogP contribution >= 0.6 is 22.6 Å². The van der Waals surface area contributed by atoms with Gasteiger partial charge in [-0.2, -0.15) is 5.10 Å². The van der Waals surface area contributed by atoms with Gasteiger partial charge in [0.1, 0.15) is 5.75 Å². The van der Waals surface area contributed by atoms with Crippen LogP contribution in [0.2, 0.25) is 0 Å². The zero-order valence-corrected chi connectivity index (χ0v) is 16.7. The van der Waals surface area contributed by atoms with Gasteiger partial charge in [0, 0.05) is 15.0 Å². The van der Waals surface area contributed by atoms with Crippen molar-refractivity contribution >= 4 is 45.8 Å². The molecule has 26 heavy (non-hydrogen) atoms. The van der Waals surface area contributed by atoms with E-state index < -0.39 is 0 Å². The molecule has 0 radical (unpaired) electrons. The maximum absolute atomic E-state index is 12.0. The summed E-state index contributed by atoms with van der Waals surface area (Å²) in [6.45, 7) is 1.70. The van der Waals surface area contributed by atoms with Crippen molar-refractivity contribution in [2.45, 2.75) is 19.8 Å². The van der Waals surface area contributed by atoms with Gasteiger partial charge >= 0.3 is 0 Å². The second-order valence-corrected chi connectivity index (χ2v) is 6.89. The number of rotatable bonds is 7. The Labute approximate surface area is 166 Å². The molecule has 6 nitrogen and oxygen atoms in total. The minimum absolute atomic E-state index is 0.105. The van der Waals surface area contributed by atoms with Crippen LogP contribution in [0.5, 0.6) is 5.75 Å². The lowest BCUT2D eigenvalue weighted by molar-refractivity contribution is -0.120. The van der Waals surface area contributed by atoms with Crippen LogP contribution in [0.1, 0.15) is 18.9 Å². The number of methoxy groups -OCH3 is 1. The van der Waals surface area contributed by atoms with E-state index in [1.54, 1.807) is 26.2 Å². The number of nitrogens with zero attached hydrogens (tertiary/aromatic N) is 1. The minimum Gasteiger partial charge on any atom is -0.497 e. The molecule has 0 atom stereocenters. The fourth-order valence-corrected chi connectivity index (χ4v) is 2.71. The van der Waals surface area contributed by atoms with E-state index in [0.29, 0.717) is 5.71 Å². The summed E-state index contributed by atoms with van der Waals surface area (Å²) < 4.78 is 6.12. The minimum atomic E-state index is -0.243. The van der Waals surface area contributed by atoms with Crippen molar-refractivity contribution in [2.24, 2.45) is 5.10 Å². The van der Waals surface area contributed by atoms with E-state index in [1.807, 2.05) is 36.4 Å². The predicted octanol–water partition coefficient (Wildman–Crippen LogP) is 3.36. The van der Waals surface area contributed by atoms with E-state index in [4.69, 9.17) is 4.74 Å². The molecule has 0 aliphatic rings. The molecule has 0 saturated heterocycles. The Hall–Kier alpha value is -2.42. The average molecular weight is 465 g/mol. The highest BCUT2D eigenvalue weighted by Crippen LogP contribution is 2.13. The molecule has 0 heterocycles. The Morgan fingerprint density at radius 1 is 1.12 bits per heavy atom. The van der Waals surface area contributed by atoms with Gasteiger partial charge in [0.15, 0.2) is 0 Å². The van der Waals surface area contributed by atoms with Crippen molar-refractivity contribution in [3.05, 3.63) is 57.7 Å². The second kappa shape index (κ2) is 9.91. The number of nitrogens with one attached hydrogen (secondary N) is 2. The molecular formula is C19H20IN3O3. The van der Waals surface area contributed by atoms with E-state index >= 15 is 0 Å². The third-order valence-electron chi connectivity index (χ3n) is 3.42. The number of halogens is 1. The maximum Gasteiger partial charge on any atom is 0.244 e. The average Bonchev–Trinajstić information content (AvgIpc) is 2.60. The Morgan fingerprint density at radius 2 is 1.85 bits per heavy atom. The van der Waals surface area contributed by atoms with Gasteiger partial charge in [0.25, 0.3) is 0 Å². The number of hydrogen-bond acceptors (Lipinski definition) is 4. The standard InChI is InChI=1S/C19H20IN3O3/c1-13(10-18(24)21-16-5-3-4-15(20)12-16)22-23-19(25)11-14-6-8-17(26-2)9-7-14/h3-9,12H,10-11H2,1-2H3,(H,21,24)(H,23,25). The van der Waals surface area contributed by atoms with Crippen LogP contribution in [0.15, 0.2) is 53.6 Å². The Morgan fingerprint density at radius 3 is 2.50 bits per heavy atom. The molecule has 7 heteroatoms. The molecule has 2 amide bonds. The zero-order valence-electron chi connectivity index (χ0n) is 14.6. The van der Waals surface area contributed by atoms with Crippen LogP contribution in [0.3, 0.4) is 0 Å². The molecule has 2 rings (SSSR count). The summed E-state index contributed by atoms with van der Waals surface area (Å²) in [5.41, 5.74) is 4.59. The lowest BCUT2D eigenvalue weighted by Gasteiger charge is -2.06. The van der Waals surface area contributed by atoms with E-state index in [0.717, 1.165) is 20.6 Å². The summed E-state index contributed by atoms with van der Waals surface area (Å²) in [6, 6.07) is 14.8. The number of benzene rings is 2. The molecule has 0 unspecified atom stereocenters.